The van der Waals surface area contributed by atoms with Gasteiger partial charge in [-0.15, -0.1) is 0 Å². The van der Waals surface area contributed by atoms with Crippen molar-refractivity contribution < 1.29 is 8.42 Å². The van der Waals surface area contributed by atoms with Crippen LogP contribution in [0.25, 0.3) is 10.9 Å². The van der Waals surface area contributed by atoms with Crippen LogP contribution in [-0.2, 0) is 16.6 Å². The SMILES string of the molecule is O=S1(=O)CCCN1c1cccc(CNc2ccc3ccccc3n2)c1. The van der Waals surface area contributed by atoms with Crippen LogP contribution in [0.15, 0.2) is 60.7 Å². The van der Waals surface area contributed by atoms with E-state index in [1.807, 2.05) is 60.7 Å². The van der Waals surface area contributed by atoms with Crippen molar-refractivity contribution in [3.63, 3.8) is 0 Å². The van der Waals surface area contributed by atoms with Gasteiger partial charge in [-0.2, -0.15) is 0 Å². The quantitative estimate of drug-likeness (QED) is 0.781. The van der Waals surface area contributed by atoms with E-state index in [9.17, 15) is 8.42 Å². The van der Waals surface area contributed by atoms with Crippen LogP contribution in [0.1, 0.15) is 12.0 Å². The molecule has 1 aromatic heterocycles. The molecule has 3 aromatic rings. The van der Waals surface area contributed by atoms with E-state index in [1.54, 1.807) is 0 Å². The smallest absolute Gasteiger partial charge is 0.235 e. The fraction of sp³-hybridized carbons (Fsp3) is 0.211. The third-order valence-electron chi connectivity index (χ3n) is 4.37. The molecule has 1 fully saturated rings. The summed E-state index contributed by atoms with van der Waals surface area (Å²) in [5.41, 5.74) is 2.71. The minimum atomic E-state index is -3.15. The Bertz CT molecular complexity index is 1020. The molecule has 0 aliphatic carbocycles. The molecule has 1 saturated heterocycles. The van der Waals surface area contributed by atoms with E-state index in [-0.39, 0.29) is 5.75 Å². The van der Waals surface area contributed by atoms with Gasteiger partial charge in [0.15, 0.2) is 0 Å². The number of pyridine rings is 1. The van der Waals surface area contributed by atoms with Gasteiger partial charge in [-0.3, -0.25) is 4.31 Å². The number of fused-ring (bicyclic) bond motifs is 1. The van der Waals surface area contributed by atoms with Crippen LogP contribution in [-0.4, -0.2) is 25.7 Å². The summed E-state index contributed by atoms with van der Waals surface area (Å²) >= 11 is 0. The Morgan fingerprint density at radius 3 is 2.76 bits per heavy atom. The Labute approximate surface area is 147 Å². The van der Waals surface area contributed by atoms with E-state index in [0.29, 0.717) is 19.5 Å². The summed E-state index contributed by atoms with van der Waals surface area (Å²) < 4.78 is 25.7. The number of aromatic nitrogens is 1. The molecular weight excluding hydrogens is 334 g/mol. The van der Waals surface area contributed by atoms with Gasteiger partial charge in [-0.1, -0.05) is 30.3 Å². The molecule has 128 valence electrons. The van der Waals surface area contributed by atoms with Crippen LogP contribution >= 0.6 is 0 Å². The Kier molecular flexibility index (Phi) is 4.05. The first-order chi connectivity index (χ1) is 12.1. The number of benzene rings is 2. The lowest BCUT2D eigenvalue weighted by Gasteiger charge is -2.17. The van der Waals surface area contributed by atoms with Crippen molar-refractivity contribution >= 4 is 32.4 Å². The van der Waals surface area contributed by atoms with Gasteiger partial charge in [-0.05, 0) is 42.3 Å². The molecule has 25 heavy (non-hydrogen) atoms. The largest absolute Gasteiger partial charge is 0.366 e. The lowest BCUT2D eigenvalue weighted by Crippen LogP contribution is -2.25. The number of sulfonamides is 1. The highest BCUT2D eigenvalue weighted by Gasteiger charge is 2.28. The third-order valence-corrected chi connectivity index (χ3v) is 6.24. The van der Waals surface area contributed by atoms with Gasteiger partial charge in [0.05, 0.1) is 17.0 Å². The van der Waals surface area contributed by atoms with E-state index in [1.165, 1.54) is 4.31 Å². The maximum absolute atomic E-state index is 12.1. The van der Waals surface area contributed by atoms with Crippen LogP contribution in [0, 0.1) is 0 Å². The number of hydrogen-bond acceptors (Lipinski definition) is 4. The monoisotopic (exact) mass is 353 g/mol. The van der Waals surface area contributed by atoms with Crippen LogP contribution in [0.4, 0.5) is 11.5 Å². The van der Waals surface area contributed by atoms with Gasteiger partial charge < -0.3 is 5.32 Å². The Balaban J connectivity index is 1.52. The molecule has 0 spiro atoms. The predicted octanol–water partition coefficient (Wildman–Crippen LogP) is 3.39. The molecule has 0 radical (unpaired) electrons. The number of anilines is 2. The third kappa shape index (κ3) is 3.30. The van der Waals surface area contributed by atoms with Gasteiger partial charge in [0.25, 0.3) is 0 Å². The van der Waals surface area contributed by atoms with Gasteiger partial charge in [0.1, 0.15) is 5.82 Å². The van der Waals surface area contributed by atoms with Crippen LogP contribution < -0.4 is 9.62 Å². The average Bonchev–Trinajstić information content (AvgIpc) is 2.99. The number of rotatable bonds is 4. The predicted molar refractivity (Wildman–Crippen MR) is 101 cm³/mol. The zero-order valence-electron chi connectivity index (χ0n) is 13.7. The standard InChI is InChI=1S/C19H19N3O2S/c23-25(24)12-4-11-22(25)17-7-3-5-15(13-17)14-20-19-10-9-16-6-1-2-8-18(16)21-19/h1-3,5-10,13H,4,11-12,14H2,(H,20,21). The van der Waals surface area contributed by atoms with Gasteiger partial charge in [0, 0.05) is 18.5 Å². The summed E-state index contributed by atoms with van der Waals surface area (Å²) in [5.74, 6) is 1.04. The van der Waals surface area contributed by atoms with Crippen molar-refractivity contribution in [3.05, 3.63) is 66.2 Å². The van der Waals surface area contributed by atoms with Crippen molar-refractivity contribution in [2.24, 2.45) is 0 Å². The molecule has 1 aliphatic heterocycles. The lowest BCUT2D eigenvalue weighted by molar-refractivity contribution is 0.599. The average molecular weight is 353 g/mol. The molecular formula is C19H19N3O2S. The molecule has 0 unspecified atom stereocenters. The van der Waals surface area contributed by atoms with Gasteiger partial charge in [0.2, 0.25) is 10.0 Å². The molecule has 0 bridgehead atoms. The topological polar surface area (TPSA) is 62.3 Å². The number of nitrogens with zero attached hydrogens (tertiary/aromatic N) is 2. The summed E-state index contributed by atoms with van der Waals surface area (Å²) in [7, 11) is -3.15. The zero-order chi connectivity index (χ0) is 17.3. The second-order valence-corrected chi connectivity index (χ2v) is 8.17. The molecule has 2 heterocycles. The molecule has 0 atom stereocenters. The van der Waals surface area contributed by atoms with Crippen molar-refractivity contribution in [3.8, 4) is 0 Å². The first-order valence-electron chi connectivity index (χ1n) is 8.31. The van der Waals surface area contributed by atoms with Crippen molar-refractivity contribution in [2.45, 2.75) is 13.0 Å². The second-order valence-electron chi connectivity index (χ2n) is 6.15. The molecule has 5 nitrogen and oxygen atoms in total. The Hall–Kier alpha value is -2.60. The van der Waals surface area contributed by atoms with Crippen molar-refractivity contribution in [1.82, 2.24) is 4.98 Å². The van der Waals surface area contributed by atoms with E-state index in [0.717, 1.165) is 28.0 Å². The Morgan fingerprint density at radius 2 is 1.92 bits per heavy atom. The summed E-state index contributed by atoms with van der Waals surface area (Å²) in [4.78, 5) is 4.60. The highest BCUT2D eigenvalue weighted by atomic mass is 32.2. The summed E-state index contributed by atoms with van der Waals surface area (Å²) in [5, 5.41) is 4.42. The Morgan fingerprint density at radius 1 is 1.04 bits per heavy atom. The second kappa shape index (κ2) is 6.37. The maximum atomic E-state index is 12.1. The lowest BCUT2D eigenvalue weighted by atomic mass is 10.2. The van der Waals surface area contributed by atoms with Crippen LogP contribution in [0.2, 0.25) is 0 Å². The molecule has 6 heteroatoms. The molecule has 1 aliphatic rings. The minimum absolute atomic E-state index is 0.233. The summed E-state index contributed by atoms with van der Waals surface area (Å²) in [6.45, 7) is 1.15. The van der Waals surface area contributed by atoms with Crippen molar-refractivity contribution in [2.75, 3.05) is 21.9 Å². The first kappa shape index (κ1) is 15.9. The number of para-hydroxylation sites is 1. The fourth-order valence-corrected chi connectivity index (χ4v) is 4.66. The van der Waals surface area contributed by atoms with Crippen molar-refractivity contribution in [1.29, 1.82) is 0 Å². The fourth-order valence-electron chi connectivity index (χ4n) is 3.11. The van der Waals surface area contributed by atoms with E-state index in [2.05, 4.69) is 10.3 Å². The summed E-state index contributed by atoms with van der Waals surface area (Å²) in [6, 6.07) is 19.6. The summed E-state index contributed by atoms with van der Waals surface area (Å²) in [6.07, 6.45) is 0.686. The normalized spacial score (nSPS) is 16.2. The highest BCUT2D eigenvalue weighted by Crippen LogP contribution is 2.25. The zero-order valence-corrected chi connectivity index (χ0v) is 14.5. The minimum Gasteiger partial charge on any atom is -0.366 e. The maximum Gasteiger partial charge on any atom is 0.235 e. The van der Waals surface area contributed by atoms with Crippen LogP contribution in [0.5, 0.6) is 0 Å². The first-order valence-corrected chi connectivity index (χ1v) is 9.92. The number of nitrogens with one attached hydrogen (secondary N) is 1. The van der Waals surface area contributed by atoms with Gasteiger partial charge in [-0.25, -0.2) is 13.4 Å². The molecule has 2 aromatic carbocycles. The highest BCUT2D eigenvalue weighted by molar-refractivity contribution is 7.93. The number of hydrogen-bond donors (Lipinski definition) is 1. The molecule has 4 rings (SSSR count). The van der Waals surface area contributed by atoms with Crippen LogP contribution in [0.3, 0.4) is 0 Å². The van der Waals surface area contributed by atoms with E-state index >= 15 is 0 Å². The van der Waals surface area contributed by atoms with E-state index in [4.69, 9.17) is 0 Å². The van der Waals surface area contributed by atoms with Gasteiger partial charge >= 0.3 is 0 Å². The molecule has 1 N–H and O–H groups in total. The molecule has 0 saturated carbocycles. The van der Waals surface area contributed by atoms with E-state index < -0.39 is 10.0 Å². The molecule has 0 amide bonds.